The second-order valence-electron chi connectivity index (χ2n) is 7.36. The molecule has 3 aromatic rings. The Hall–Kier alpha value is -3.38. The van der Waals surface area contributed by atoms with Crippen molar-refractivity contribution in [2.75, 3.05) is 17.7 Å². The molecular weight excluding hydrogens is 418 g/mol. The molecule has 0 saturated heterocycles. The summed E-state index contributed by atoms with van der Waals surface area (Å²) >= 11 is 1.44. The number of anilines is 1. The van der Waals surface area contributed by atoms with E-state index in [1.54, 1.807) is 0 Å². The van der Waals surface area contributed by atoms with Crippen molar-refractivity contribution in [2.24, 2.45) is 9.98 Å². The summed E-state index contributed by atoms with van der Waals surface area (Å²) in [4.78, 5) is 22.4. The number of para-hydroxylation sites is 4. The predicted octanol–water partition coefficient (Wildman–Crippen LogP) is 6.32. The largest absolute Gasteiger partial charge is 0.492 e. The van der Waals surface area contributed by atoms with Gasteiger partial charge in [0.05, 0.1) is 40.2 Å². The Bertz CT molecular complexity index is 1170. The Kier molecular flexibility index (Phi) is 7.02. The quantitative estimate of drug-likeness (QED) is 0.485. The average Bonchev–Trinajstić information content (AvgIpc) is 2.99. The van der Waals surface area contributed by atoms with Crippen LogP contribution in [0.15, 0.2) is 82.8 Å². The van der Waals surface area contributed by atoms with Crippen LogP contribution < -0.4 is 10.1 Å². The Morgan fingerprint density at radius 1 is 0.969 bits per heavy atom. The third kappa shape index (κ3) is 5.45. The van der Waals surface area contributed by atoms with Gasteiger partial charge in [-0.15, -0.1) is 11.8 Å². The van der Waals surface area contributed by atoms with Gasteiger partial charge in [0.2, 0.25) is 5.91 Å². The number of aliphatic imine (C=N–C) groups is 2. The van der Waals surface area contributed by atoms with E-state index in [9.17, 15) is 4.79 Å². The van der Waals surface area contributed by atoms with Crippen molar-refractivity contribution in [2.45, 2.75) is 20.3 Å². The Morgan fingerprint density at radius 3 is 2.41 bits per heavy atom. The topological polar surface area (TPSA) is 63.0 Å². The van der Waals surface area contributed by atoms with Crippen LogP contribution in [0.25, 0.3) is 0 Å². The summed E-state index contributed by atoms with van der Waals surface area (Å²) < 4.78 is 5.60. The van der Waals surface area contributed by atoms with Crippen LogP contribution in [0.4, 0.5) is 17.1 Å². The molecule has 0 fully saturated rings. The van der Waals surface area contributed by atoms with Crippen molar-refractivity contribution >= 4 is 45.5 Å². The summed E-state index contributed by atoms with van der Waals surface area (Å²) in [6.45, 7) is 4.53. The molecule has 162 valence electrons. The minimum absolute atomic E-state index is 0.101. The highest BCUT2D eigenvalue weighted by Crippen LogP contribution is 2.33. The third-order valence-electron chi connectivity index (χ3n) is 4.92. The summed E-state index contributed by atoms with van der Waals surface area (Å²) in [7, 11) is 0. The monoisotopic (exact) mass is 443 g/mol. The first-order valence-corrected chi connectivity index (χ1v) is 11.6. The van der Waals surface area contributed by atoms with Gasteiger partial charge in [0, 0.05) is 6.42 Å². The Morgan fingerprint density at radius 2 is 1.66 bits per heavy atom. The van der Waals surface area contributed by atoms with Gasteiger partial charge in [-0.1, -0.05) is 54.1 Å². The summed E-state index contributed by atoms with van der Waals surface area (Å²) in [6, 6.07) is 23.6. The lowest BCUT2D eigenvalue weighted by atomic mass is 10.1. The van der Waals surface area contributed by atoms with Gasteiger partial charge in [0.1, 0.15) is 5.75 Å². The molecule has 1 N–H and O–H groups in total. The molecule has 1 aliphatic rings. The lowest BCUT2D eigenvalue weighted by molar-refractivity contribution is -0.113. The fourth-order valence-electron chi connectivity index (χ4n) is 3.34. The lowest BCUT2D eigenvalue weighted by Crippen LogP contribution is -2.17. The Balaban J connectivity index is 1.51. The molecule has 32 heavy (non-hydrogen) atoms. The number of amides is 1. The molecular formula is C26H25N3O2S. The molecule has 0 atom stereocenters. The van der Waals surface area contributed by atoms with E-state index in [1.165, 1.54) is 17.3 Å². The molecule has 0 aromatic heterocycles. The third-order valence-corrected chi connectivity index (χ3v) is 5.89. The lowest BCUT2D eigenvalue weighted by Gasteiger charge is -2.11. The van der Waals surface area contributed by atoms with Crippen LogP contribution >= 0.6 is 11.8 Å². The first kappa shape index (κ1) is 21.8. The van der Waals surface area contributed by atoms with Gasteiger partial charge >= 0.3 is 0 Å². The number of ether oxygens (including phenoxy) is 1. The van der Waals surface area contributed by atoms with Gasteiger partial charge < -0.3 is 10.1 Å². The predicted molar refractivity (Wildman–Crippen MR) is 134 cm³/mol. The van der Waals surface area contributed by atoms with Gasteiger partial charge in [0.15, 0.2) is 0 Å². The first-order valence-electron chi connectivity index (χ1n) is 10.6. The van der Waals surface area contributed by atoms with Crippen LogP contribution in [0.3, 0.4) is 0 Å². The summed E-state index contributed by atoms with van der Waals surface area (Å²) in [5, 5.41) is 3.81. The zero-order valence-electron chi connectivity index (χ0n) is 18.2. The van der Waals surface area contributed by atoms with Crippen LogP contribution in [0, 0.1) is 6.92 Å². The van der Waals surface area contributed by atoms with E-state index in [4.69, 9.17) is 14.7 Å². The van der Waals surface area contributed by atoms with Crippen molar-refractivity contribution in [3.63, 3.8) is 0 Å². The number of carbonyl (C=O) groups is 1. The molecule has 0 spiro atoms. The molecule has 3 aromatic carbocycles. The van der Waals surface area contributed by atoms with Crippen LogP contribution in [0.5, 0.6) is 5.75 Å². The minimum atomic E-state index is -0.101. The number of hydrogen-bond donors (Lipinski definition) is 1. The number of benzene rings is 3. The zero-order chi connectivity index (χ0) is 22.3. The number of aryl methyl sites for hydroxylation is 1. The molecule has 6 heteroatoms. The first-order chi connectivity index (χ1) is 15.6. The zero-order valence-corrected chi connectivity index (χ0v) is 19.0. The normalized spacial score (nSPS) is 12.8. The van der Waals surface area contributed by atoms with Gasteiger partial charge in [-0.2, -0.15) is 0 Å². The SMILES string of the molecule is CCOc1ccccc1NC(=O)CSC1=Nc2ccccc2N=C(c2ccc(C)cc2)C1. The smallest absolute Gasteiger partial charge is 0.234 e. The van der Waals surface area contributed by atoms with Gasteiger partial charge in [-0.3, -0.25) is 9.79 Å². The van der Waals surface area contributed by atoms with Crippen molar-refractivity contribution in [3.05, 3.63) is 83.9 Å². The van der Waals surface area contributed by atoms with Gasteiger partial charge in [-0.05, 0) is 43.7 Å². The maximum absolute atomic E-state index is 12.7. The molecule has 0 saturated carbocycles. The van der Waals surface area contributed by atoms with Crippen LogP contribution in [-0.2, 0) is 4.79 Å². The van der Waals surface area contributed by atoms with E-state index in [-0.39, 0.29) is 11.7 Å². The second-order valence-corrected chi connectivity index (χ2v) is 8.41. The van der Waals surface area contributed by atoms with E-state index in [1.807, 2.05) is 55.5 Å². The molecule has 0 bridgehead atoms. The van der Waals surface area contributed by atoms with Crippen LogP contribution in [-0.4, -0.2) is 29.0 Å². The fourth-order valence-corrected chi connectivity index (χ4v) is 4.11. The number of rotatable bonds is 6. The second kappa shape index (κ2) is 10.3. The van der Waals surface area contributed by atoms with Gasteiger partial charge in [-0.25, -0.2) is 4.99 Å². The minimum Gasteiger partial charge on any atom is -0.492 e. The number of thioether (sulfide) groups is 1. The van der Waals surface area contributed by atoms with Crippen molar-refractivity contribution < 1.29 is 9.53 Å². The molecule has 5 nitrogen and oxygen atoms in total. The van der Waals surface area contributed by atoms with Crippen molar-refractivity contribution in [1.29, 1.82) is 0 Å². The molecule has 0 unspecified atom stereocenters. The van der Waals surface area contributed by atoms with Crippen LogP contribution in [0.1, 0.15) is 24.5 Å². The number of fused-ring (bicyclic) bond motifs is 1. The highest BCUT2D eigenvalue weighted by atomic mass is 32.2. The molecule has 4 rings (SSSR count). The summed E-state index contributed by atoms with van der Waals surface area (Å²) in [6.07, 6.45) is 0.575. The van der Waals surface area contributed by atoms with E-state index in [0.29, 0.717) is 24.5 Å². The van der Waals surface area contributed by atoms with E-state index < -0.39 is 0 Å². The molecule has 0 radical (unpaired) electrons. The summed E-state index contributed by atoms with van der Waals surface area (Å²) in [5.41, 5.74) is 5.55. The van der Waals surface area contributed by atoms with E-state index in [2.05, 4.69) is 36.5 Å². The molecule has 1 heterocycles. The Labute approximate surface area is 192 Å². The molecule has 1 amide bonds. The van der Waals surface area contributed by atoms with Gasteiger partial charge in [0.25, 0.3) is 0 Å². The molecule has 0 aliphatic carbocycles. The maximum Gasteiger partial charge on any atom is 0.234 e. The number of nitrogens with zero attached hydrogens (tertiary/aromatic N) is 2. The van der Waals surface area contributed by atoms with E-state index in [0.717, 1.165) is 27.7 Å². The number of hydrogen-bond acceptors (Lipinski definition) is 5. The van der Waals surface area contributed by atoms with Crippen LogP contribution in [0.2, 0.25) is 0 Å². The number of nitrogens with one attached hydrogen (secondary N) is 1. The highest BCUT2D eigenvalue weighted by Gasteiger charge is 2.17. The average molecular weight is 444 g/mol. The highest BCUT2D eigenvalue weighted by molar-refractivity contribution is 8.14. The fraction of sp³-hybridized carbons (Fsp3) is 0.192. The van der Waals surface area contributed by atoms with E-state index >= 15 is 0 Å². The van der Waals surface area contributed by atoms with Crippen molar-refractivity contribution in [3.8, 4) is 5.75 Å². The standard InChI is InChI=1S/C26H25N3O2S/c1-3-31-24-11-7-6-10-22(24)28-25(30)17-32-26-16-23(19-14-12-18(2)13-15-19)27-20-8-4-5-9-21(20)29-26/h4-15H,3,16-17H2,1-2H3,(H,28,30). The number of carbonyl (C=O) groups excluding carboxylic acids is 1. The molecule has 1 aliphatic heterocycles. The summed E-state index contributed by atoms with van der Waals surface area (Å²) in [5.74, 6) is 0.821. The maximum atomic E-state index is 12.7. The van der Waals surface area contributed by atoms with Crippen molar-refractivity contribution in [1.82, 2.24) is 0 Å².